The summed E-state index contributed by atoms with van der Waals surface area (Å²) in [6, 6.07) is 12.3. The number of carbonyl (C=O) groups excluding carboxylic acids is 1. The highest BCUT2D eigenvalue weighted by molar-refractivity contribution is 9.11. The van der Waals surface area contributed by atoms with Crippen LogP contribution >= 0.6 is 27.3 Å². The van der Waals surface area contributed by atoms with Crippen LogP contribution in [-0.2, 0) is 13.1 Å². The molecule has 2 aromatic heterocycles. The molecular formula is C18H19BrN2OS. The first kappa shape index (κ1) is 16.3. The van der Waals surface area contributed by atoms with Gasteiger partial charge in [0.15, 0.2) is 0 Å². The molecule has 0 aliphatic carbocycles. The maximum Gasteiger partial charge on any atom is 0.268 e. The fourth-order valence-corrected chi connectivity index (χ4v) is 4.32. The van der Waals surface area contributed by atoms with E-state index in [-0.39, 0.29) is 5.91 Å². The Labute approximate surface area is 148 Å². The number of benzene rings is 1. The third kappa shape index (κ3) is 3.51. The van der Waals surface area contributed by atoms with Gasteiger partial charge in [0.05, 0.1) is 14.0 Å². The summed E-state index contributed by atoms with van der Waals surface area (Å²) in [5.74, 6) is -0.0144. The van der Waals surface area contributed by atoms with Gasteiger partial charge in [-0.25, -0.2) is 0 Å². The SMILES string of the molecule is CCCn1c(C(=O)NCc2cccc(C)c2)cc2sc(Br)cc21. The van der Waals surface area contributed by atoms with Crippen LogP contribution in [0.5, 0.6) is 0 Å². The Morgan fingerprint density at radius 3 is 2.87 bits per heavy atom. The van der Waals surface area contributed by atoms with Gasteiger partial charge in [-0.2, -0.15) is 0 Å². The lowest BCUT2D eigenvalue weighted by Gasteiger charge is -2.10. The minimum atomic E-state index is -0.0144. The number of nitrogens with zero attached hydrogens (tertiary/aromatic N) is 1. The van der Waals surface area contributed by atoms with E-state index in [1.807, 2.05) is 18.2 Å². The van der Waals surface area contributed by atoms with E-state index in [4.69, 9.17) is 0 Å². The molecule has 0 aliphatic rings. The van der Waals surface area contributed by atoms with Crippen molar-refractivity contribution in [1.29, 1.82) is 0 Å². The van der Waals surface area contributed by atoms with E-state index in [1.165, 1.54) is 5.56 Å². The molecule has 0 saturated carbocycles. The zero-order chi connectivity index (χ0) is 16.4. The van der Waals surface area contributed by atoms with Crippen LogP contribution in [0.15, 0.2) is 40.2 Å². The number of aryl methyl sites for hydroxylation is 2. The van der Waals surface area contributed by atoms with Crippen molar-refractivity contribution >= 4 is 43.4 Å². The number of fused-ring (bicyclic) bond motifs is 1. The summed E-state index contributed by atoms with van der Waals surface area (Å²) in [4.78, 5) is 12.6. The fourth-order valence-electron chi connectivity index (χ4n) is 2.76. The summed E-state index contributed by atoms with van der Waals surface area (Å²) in [5, 5.41) is 3.04. The van der Waals surface area contributed by atoms with Crippen molar-refractivity contribution in [2.45, 2.75) is 33.4 Å². The van der Waals surface area contributed by atoms with Crippen molar-refractivity contribution < 1.29 is 4.79 Å². The second kappa shape index (κ2) is 6.89. The lowest BCUT2D eigenvalue weighted by Crippen LogP contribution is -2.25. The van der Waals surface area contributed by atoms with E-state index in [1.54, 1.807) is 11.3 Å². The number of nitrogens with one attached hydrogen (secondary N) is 1. The van der Waals surface area contributed by atoms with Crippen molar-refractivity contribution in [2.75, 3.05) is 0 Å². The highest BCUT2D eigenvalue weighted by Gasteiger charge is 2.16. The first-order valence-corrected chi connectivity index (χ1v) is 9.31. The second-order valence-corrected chi connectivity index (χ2v) is 8.12. The maximum atomic E-state index is 12.6. The third-order valence-electron chi connectivity index (χ3n) is 3.77. The lowest BCUT2D eigenvalue weighted by atomic mass is 10.1. The molecule has 0 atom stereocenters. The van der Waals surface area contributed by atoms with E-state index in [0.717, 1.165) is 38.2 Å². The van der Waals surface area contributed by atoms with Crippen molar-refractivity contribution in [3.05, 3.63) is 57.0 Å². The second-order valence-electron chi connectivity index (χ2n) is 5.65. The van der Waals surface area contributed by atoms with E-state index >= 15 is 0 Å². The number of hydrogen-bond donors (Lipinski definition) is 1. The van der Waals surface area contributed by atoms with Crippen molar-refractivity contribution in [2.24, 2.45) is 0 Å². The van der Waals surface area contributed by atoms with E-state index in [2.05, 4.69) is 57.9 Å². The number of hydrogen-bond acceptors (Lipinski definition) is 2. The molecule has 0 saturated heterocycles. The largest absolute Gasteiger partial charge is 0.347 e. The van der Waals surface area contributed by atoms with Gasteiger partial charge in [-0.05, 0) is 47.0 Å². The molecule has 23 heavy (non-hydrogen) atoms. The van der Waals surface area contributed by atoms with E-state index in [0.29, 0.717) is 6.54 Å². The first-order chi connectivity index (χ1) is 11.1. The Morgan fingerprint density at radius 2 is 2.13 bits per heavy atom. The number of thiophene rings is 1. The van der Waals surface area contributed by atoms with Gasteiger partial charge in [0.2, 0.25) is 0 Å². The molecular weight excluding hydrogens is 372 g/mol. The summed E-state index contributed by atoms with van der Waals surface area (Å²) < 4.78 is 4.35. The number of carbonyl (C=O) groups is 1. The van der Waals surface area contributed by atoms with Crippen LogP contribution in [0.4, 0.5) is 0 Å². The van der Waals surface area contributed by atoms with Crippen molar-refractivity contribution in [3.63, 3.8) is 0 Å². The topological polar surface area (TPSA) is 34.0 Å². The molecule has 1 aromatic carbocycles. The predicted molar refractivity (Wildman–Crippen MR) is 100 cm³/mol. The summed E-state index contributed by atoms with van der Waals surface area (Å²) >= 11 is 5.19. The Balaban J connectivity index is 1.82. The smallest absolute Gasteiger partial charge is 0.268 e. The molecule has 2 heterocycles. The molecule has 3 nitrogen and oxygen atoms in total. The van der Waals surface area contributed by atoms with Gasteiger partial charge in [0, 0.05) is 13.1 Å². The van der Waals surface area contributed by atoms with Gasteiger partial charge >= 0.3 is 0 Å². The van der Waals surface area contributed by atoms with Crippen molar-refractivity contribution in [1.82, 2.24) is 9.88 Å². The summed E-state index contributed by atoms with van der Waals surface area (Å²) in [5.41, 5.74) is 4.20. The molecule has 120 valence electrons. The summed E-state index contributed by atoms with van der Waals surface area (Å²) in [6.07, 6.45) is 0.995. The lowest BCUT2D eigenvalue weighted by molar-refractivity contribution is 0.0942. The Morgan fingerprint density at radius 1 is 1.30 bits per heavy atom. The minimum Gasteiger partial charge on any atom is -0.347 e. The fraction of sp³-hybridized carbons (Fsp3) is 0.278. The molecule has 1 N–H and O–H groups in total. The highest BCUT2D eigenvalue weighted by Crippen LogP contribution is 2.32. The summed E-state index contributed by atoms with van der Waals surface area (Å²) in [6.45, 7) is 5.58. The quantitative estimate of drug-likeness (QED) is 0.644. The van der Waals surface area contributed by atoms with E-state index in [9.17, 15) is 4.79 Å². The maximum absolute atomic E-state index is 12.6. The van der Waals surface area contributed by atoms with E-state index < -0.39 is 0 Å². The molecule has 0 radical (unpaired) electrons. The van der Waals surface area contributed by atoms with Gasteiger partial charge in [-0.3, -0.25) is 4.79 Å². The standard InChI is InChI=1S/C18H19BrN2OS/c1-3-7-21-14-10-17(19)23-16(14)9-15(21)18(22)20-11-13-6-4-5-12(2)8-13/h4-6,8-10H,3,7,11H2,1-2H3,(H,20,22). The first-order valence-electron chi connectivity index (χ1n) is 7.71. The molecule has 3 rings (SSSR count). The molecule has 0 fully saturated rings. The number of rotatable bonds is 5. The molecule has 5 heteroatoms. The van der Waals surface area contributed by atoms with Gasteiger partial charge in [-0.1, -0.05) is 36.8 Å². The Kier molecular flexibility index (Phi) is 4.87. The minimum absolute atomic E-state index is 0.0144. The van der Waals surface area contributed by atoms with Crippen LogP contribution < -0.4 is 5.32 Å². The predicted octanol–water partition coefficient (Wildman–Crippen LogP) is 5.11. The Hall–Kier alpha value is -1.59. The Bertz CT molecular complexity index is 850. The number of aromatic nitrogens is 1. The van der Waals surface area contributed by atoms with Gasteiger partial charge in [0.25, 0.3) is 5.91 Å². The summed E-state index contributed by atoms with van der Waals surface area (Å²) in [7, 11) is 0. The molecule has 0 spiro atoms. The van der Waals surface area contributed by atoms with Gasteiger partial charge in [0.1, 0.15) is 5.69 Å². The molecule has 0 unspecified atom stereocenters. The third-order valence-corrected chi connectivity index (χ3v) is 5.35. The van der Waals surface area contributed by atoms with Crippen LogP contribution in [0.1, 0.15) is 35.0 Å². The number of halogens is 1. The van der Waals surface area contributed by atoms with Crippen LogP contribution in [-0.4, -0.2) is 10.5 Å². The van der Waals surface area contributed by atoms with Crippen LogP contribution in [0, 0.1) is 6.92 Å². The zero-order valence-electron chi connectivity index (χ0n) is 13.2. The van der Waals surface area contributed by atoms with Crippen LogP contribution in [0.2, 0.25) is 0 Å². The molecule has 0 bridgehead atoms. The average molecular weight is 391 g/mol. The zero-order valence-corrected chi connectivity index (χ0v) is 15.6. The van der Waals surface area contributed by atoms with Gasteiger partial charge < -0.3 is 9.88 Å². The van der Waals surface area contributed by atoms with Crippen LogP contribution in [0.25, 0.3) is 10.2 Å². The highest BCUT2D eigenvalue weighted by atomic mass is 79.9. The van der Waals surface area contributed by atoms with Gasteiger partial charge in [-0.15, -0.1) is 11.3 Å². The van der Waals surface area contributed by atoms with Crippen molar-refractivity contribution in [3.8, 4) is 0 Å². The molecule has 0 aliphatic heterocycles. The normalized spacial score (nSPS) is 11.1. The molecule has 1 amide bonds. The van der Waals surface area contributed by atoms with Crippen LogP contribution in [0.3, 0.4) is 0 Å². The monoisotopic (exact) mass is 390 g/mol. The number of amides is 1. The average Bonchev–Trinajstić information content (AvgIpc) is 3.03. The molecule has 3 aromatic rings.